The predicted molar refractivity (Wildman–Crippen MR) is 157 cm³/mol. The molecular weight excluding hydrogens is 538 g/mol. The van der Waals surface area contributed by atoms with Crippen LogP contribution in [-0.2, 0) is 41.8 Å². The second-order valence-electron chi connectivity index (χ2n) is 11.1. The zero-order valence-corrected chi connectivity index (χ0v) is 25.1. The summed E-state index contributed by atoms with van der Waals surface area (Å²) in [4.78, 5) is 45.9. The molecule has 1 aliphatic rings. The van der Waals surface area contributed by atoms with Gasteiger partial charge in [0.1, 0.15) is 25.0 Å². The van der Waals surface area contributed by atoms with E-state index < -0.39 is 17.6 Å². The molecule has 2 aromatic rings. The fourth-order valence-corrected chi connectivity index (χ4v) is 4.32. The Morgan fingerprint density at radius 2 is 1.62 bits per heavy atom. The number of ether oxygens (including phenoxy) is 3. The van der Waals surface area contributed by atoms with Gasteiger partial charge < -0.3 is 14.2 Å². The predicted octanol–water partition coefficient (Wildman–Crippen LogP) is 5.80. The van der Waals surface area contributed by atoms with Gasteiger partial charge in [-0.15, -0.1) is 0 Å². The van der Waals surface area contributed by atoms with Crippen LogP contribution in [0.15, 0.2) is 72.7 Å². The molecule has 0 saturated carbocycles. The van der Waals surface area contributed by atoms with Crippen molar-refractivity contribution in [2.24, 2.45) is 5.92 Å². The van der Waals surface area contributed by atoms with Crippen molar-refractivity contribution in [3.05, 3.63) is 83.8 Å². The maximum atomic E-state index is 14.4. The SMILES string of the molecule is CCCCC[C@H](CN(C=O)OCc1ccccc1)C(=O)N(CC1=COCO1)N(Cc1ccccc1)C(=O)OC(C)(C)C. The first-order valence-corrected chi connectivity index (χ1v) is 14.4. The zero-order valence-electron chi connectivity index (χ0n) is 25.1. The summed E-state index contributed by atoms with van der Waals surface area (Å²) in [5.41, 5.74) is 0.902. The largest absolute Gasteiger partial charge is 0.462 e. The standard InChI is InChI=1S/C32H43N3O7/c1-5-6-9-18-28(20-33(24-36)41-22-27-16-12-8-13-17-27)30(37)34(21-29-23-39-25-40-29)35(31(38)42-32(2,3)4)19-26-14-10-7-11-15-26/h7-8,10-17,23-24,28H,5-6,9,18-22,25H2,1-4H3/t28-/m1/s1. The fourth-order valence-electron chi connectivity index (χ4n) is 4.32. The van der Waals surface area contributed by atoms with E-state index in [1.807, 2.05) is 60.7 Å². The van der Waals surface area contributed by atoms with Gasteiger partial charge in [-0.1, -0.05) is 86.8 Å². The number of hydroxylamine groups is 2. The van der Waals surface area contributed by atoms with Gasteiger partial charge in [-0.05, 0) is 38.3 Å². The topological polar surface area (TPSA) is 97.9 Å². The monoisotopic (exact) mass is 581 g/mol. The first kappa shape index (κ1) is 32.5. The van der Waals surface area contributed by atoms with Crippen molar-refractivity contribution in [2.75, 3.05) is 19.9 Å². The quantitative estimate of drug-likeness (QED) is 0.149. The molecule has 1 heterocycles. The van der Waals surface area contributed by atoms with Crippen LogP contribution in [0.5, 0.6) is 0 Å². The number of nitrogens with zero attached hydrogens (tertiary/aromatic N) is 3. The summed E-state index contributed by atoms with van der Waals surface area (Å²) in [6, 6.07) is 18.8. The molecular formula is C32H43N3O7. The van der Waals surface area contributed by atoms with Crippen molar-refractivity contribution < 1.29 is 33.4 Å². The summed E-state index contributed by atoms with van der Waals surface area (Å²) in [7, 11) is 0. The highest BCUT2D eigenvalue weighted by Gasteiger charge is 2.36. The highest BCUT2D eigenvalue weighted by atomic mass is 16.7. The Labute approximate surface area is 248 Å². The Hall–Kier alpha value is -4.05. The van der Waals surface area contributed by atoms with E-state index in [4.69, 9.17) is 19.0 Å². The van der Waals surface area contributed by atoms with Gasteiger partial charge in [0.05, 0.1) is 19.0 Å². The molecule has 0 unspecified atom stereocenters. The number of hydrogen-bond donors (Lipinski definition) is 0. The van der Waals surface area contributed by atoms with Crippen LogP contribution in [-0.4, -0.2) is 59.0 Å². The van der Waals surface area contributed by atoms with Gasteiger partial charge in [-0.2, -0.15) is 0 Å². The fraction of sp³-hybridized carbons (Fsp3) is 0.469. The Morgan fingerprint density at radius 3 is 2.19 bits per heavy atom. The van der Waals surface area contributed by atoms with Crippen LogP contribution in [0.25, 0.3) is 0 Å². The summed E-state index contributed by atoms with van der Waals surface area (Å²) >= 11 is 0. The Balaban J connectivity index is 1.92. The lowest BCUT2D eigenvalue weighted by atomic mass is 9.99. The molecule has 0 N–H and O–H groups in total. The number of hydrazine groups is 1. The molecule has 42 heavy (non-hydrogen) atoms. The highest BCUT2D eigenvalue weighted by molar-refractivity contribution is 5.82. The van der Waals surface area contributed by atoms with Gasteiger partial charge in [0.2, 0.25) is 19.1 Å². The first-order valence-electron chi connectivity index (χ1n) is 14.4. The van der Waals surface area contributed by atoms with E-state index in [-0.39, 0.29) is 38.9 Å². The number of unbranched alkanes of at least 4 members (excludes halogenated alkanes) is 2. The Morgan fingerprint density at radius 1 is 0.952 bits per heavy atom. The molecule has 10 heteroatoms. The molecule has 0 bridgehead atoms. The van der Waals surface area contributed by atoms with E-state index in [1.165, 1.54) is 16.3 Å². The lowest BCUT2D eigenvalue weighted by Crippen LogP contribution is -2.54. The molecule has 228 valence electrons. The minimum absolute atomic E-state index is 0.0132. The molecule has 3 rings (SSSR count). The molecule has 0 spiro atoms. The summed E-state index contributed by atoms with van der Waals surface area (Å²) in [5.74, 6) is -0.634. The average molecular weight is 582 g/mol. The van der Waals surface area contributed by atoms with Gasteiger partial charge in [0.25, 0.3) is 0 Å². The third kappa shape index (κ3) is 10.7. The number of hydrogen-bond acceptors (Lipinski definition) is 7. The molecule has 0 radical (unpaired) electrons. The van der Waals surface area contributed by atoms with Gasteiger partial charge in [0.15, 0.2) is 5.76 Å². The average Bonchev–Trinajstić information content (AvgIpc) is 3.49. The van der Waals surface area contributed by atoms with E-state index in [1.54, 1.807) is 20.8 Å². The number of amides is 3. The van der Waals surface area contributed by atoms with E-state index in [9.17, 15) is 14.4 Å². The van der Waals surface area contributed by atoms with Gasteiger partial charge in [0, 0.05) is 0 Å². The second-order valence-corrected chi connectivity index (χ2v) is 11.1. The van der Waals surface area contributed by atoms with Crippen LogP contribution in [0.4, 0.5) is 4.79 Å². The maximum absolute atomic E-state index is 14.4. The molecule has 0 aliphatic carbocycles. The molecule has 0 fully saturated rings. The van der Waals surface area contributed by atoms with Crippen LogP contribution < -0.4 is 0 Å². The van der Waals surface area contributed by atoms with Gasteiger partial charge >= 0.3 is 6.09 Å². The summed E-state index contributed by atoms with van der Waals surface area (Å²) in [6.45, 7) is 7.64. The first-order chi connectivity index (χ1) is 20.2. The van der Waals surface area contributed by atoms with E-state index in [2.05, 4.69) is 6.92 Å². The molecule has 1 atom stereocenters. The van der Waals surface area contributed by atoms with E-state index in [0.29, 0.717) is 18.6 Å². The van der Waals surface area contributed by atoms with Crippen molar-refractivity contribution in [3.63, 3.8) is 0 Å². The van der Waals surface area contributed by atoms with Crippen molar-refractivity contribution in [1.29, 1.82) is 0 Å². The highest BCUT2D eigenvalue weighted by Crippen LogP contribution is 2.23. The summed E-state index contributed by atoms with van der Waals surface area (Å²) < 4.78 is 16.5. The van der Waals surface area contributed by atoms with Gasteiger partial charge in [-0.25, -0.2) is 19.9 Å². The van der Waals surface area contributed by atoms with Crippen LogP contribution >= 0.6 is 0 Å². The van der Waals surface area contributed by atoms with E-state index in [0.717, 1.165) is 35.5 Å². The zero-order chi connectivity index (χ0) is 30.4. The normalized spacial score (nSPS) is 13.3. The molecule has 2 aromatic carbocycles. The second kappa shape index (κ2) is 16.4. The molecule has 0 saturated heterocycles. The van der Waals surface area contributed by atoms with Crippen molar-refractivity contribution >= 4 is 18.4 Å². The Kier molecular flexibility index (Phi) is 12.7. The lowest BCUT2D eigenvalue weighted by molar-refractivity contribution is -0.185. The van der Waals surface area contributed by atoms with Crippen LogP contribution in [0.2, 0.25) is 0 Å². The minimum atomic E-state index is -0.799. The minimum Gasteiger partial charge on any atom is -0.462 e. The van der Waals surface area contributed by atoms with E-state index >= 15 is 0 Å². The van der Waals surface area contributed by atoms with Crippen molar-refractivity contribution in [1.82, 2.24) is 15.1 Å². The number of benzene rings is 2. The number of carbonyl (C=O) groups excluding carboxylic acids is 3. The van der Waals surface area contributed by atoms with Crippen LogP contribution in [0.3, 0.4) is 0 Å². The number of carbonyl (C=O) groups is 3. The Bertz CT molecular complexity index is 1150. The van der Waals surface area contributed by atoms with Crippen molar-refractivity contribution in [2.45, 2.75) is 72.1 Å². The number of rotatable bonds is 15. The molecule has 0 aromatic heterocycles. The maximum Gasteiger partial charge on any atom is 0.429 e. The third-order valence-electron chi connectivity index (χ3n) is 6.42. The molecule has 3 amide bonds. The molecule has 1 aliphatic heterocycles. The van der Waals surface area contributed by atoms with Crippen molar-refractivity contribution in [3.8, 4) is 0 Å². The molecule has 10 nitrogen and oxygen atoms in total. The van der Waals surface area contributed by atoms with Crippen LogP contribution in [0.1, 0.15) is 64.5 Å². The van der Waals surface area contributed by atoms with Gasteiger partial charge in [-0.3, -0.25) is 14.4 Å². The summed E-state index contributed by atoms with van der Waals surface area (Å²) in [6.07, 6.45) is 4.47. The lowest BCUT2D eigenvalue weighted by Gasteiger charge is -2.38. The van der Waals surface area contributed by atoms with Crippen LogP contribution in [0, 0.1) is 5.92 Å². The summed E-state index contributed by atoms with van der Waals surface area (Å²) in [5, 5.41) is 3.80. The third-order valence-corrected chi connectivity index (χ3v) is 6.42. The smallest absolute Gasteiger partial charge is 0.429 e.